The highest BCUT2D eigenvalue weighted by molar-refractivity contribution is 5.95. The monoisotopic (exact) mass is 369 g/mol. The van der Waals surface area contributed by atoms with Gasteiger partial charge >= 0.3 is 0 Å². The molecule has 0 bridgehead atoms. The van der Waals surface area contributed by atoms with Crippen molar-refractivity contribution in [2.24, 2.45) is 0 Å². The van der Waals surface area contributed by atoms with Gasteiger partial charge in [-0.05, 0) is 41.9 Å². The van der Waals surface area contributed by atoms with Crippen molar-refractivity contribution in [1.82, 2.24) is 35.5 Å². The van der Waals surface area contributed by atoms with E-state index < -0.39 is 0 Å². The molecule has 0 saturated carbocycles. The standard InChI is InChI=1S/C21H19N7/c1-2-22-9-13-7-15(11-24-10-13)14-3-4-17-16(8-14)20(28-27-17)21-25-18-5-6-23-12-19(18)26-21/h3-8,10-12,22H,2,9H2,1H3,(H,25,26)(H,27,28). The number of aromatic nitrogens is 6. The molecular formula is C21H19N7. The quantitative estimate of drug-likeness (QED) is 0.439. The second-order valence-electron chi connectivity index (χ2n) is 6.67. The first-order chi connectivity index (χ1) is 13.8. The van der Waals surface area contributed by atoms with Gasteiger partial charge in [0, 0.05) is 36.1 Å². The maximum absolute atomic E-state index is 4.66. The number of benzene rings is 1. The van der Waals surface area contributed by atoms with Gasteiger partial charge in [-0.3, -0.25) is 15.1 Å². The van der Waals surface area contributed by atoms with Crippen molar-refractivity contribution in [2.75, 3.05) is 6.54 Å². The molecule has 4 aromatic heterocycles. The summed E-state index contributed by atoms with van der Waals surface area (Å²) in [6, 6.07) is 10.3. The highest BCUT2D eigenvalue weighted by atomic mass is 15.1. The van der Waals surface area contributed by atoms with Crippen LogP contribution in [0.2, 0.25) is 0 Å². The summed E-state index contributed by atoms with van der Waals surface area (Å²) < 4.78 is 0. The van der Waals surface area contributed by atoms with Crippen LogP contribution >= 0.6 is 0 Å². The van der Waals surface area contributed by atoms with Crippen molar-refractivity contribution in [3.05, 3.63) is 60.7 Å². The third-order valence-electron chi connectivity index (χ3n) is 4.78. The molecule has 5 aromatic rings. The van der Waals surface area contributed by atoms with Crippen LogP contribution in [0.1, 0.15) is 12.5 Å². The first kappa shape index (κ1) is 16.6. The molecule has 0 fully saturated rings. The molecule has 0 aliphatic rings. The zero-order chi connectivity index (χ0) is 18.9. The normalized spacial score (nSPS) is 11.5. The molecular weight excluding hydrogens is 350 g/mol. The molecule has 0 unspecified atom stereocenters. The van der Waals surface area contributed by atoms with Crippen LogP contribution in [0.25, 0.3) is 44.6 Å². The number of aromatic amines is 2. The number of pyridine rings is 2. The molecule has 0 radical (unpaired) electrons. The first-order valence-corrected chi connectivity index (χ1v) is 9.25. The average molecular weight is 369 g/mol. The first-order valence-electron chi connectivity index (χ1n) is 9.25. The summed E-state index contributed by atoms with van der Waals surface area (Å²) in [6.45, 7) is 3.84. The number of hydrogen-bond donors (Lipinski definition) is 3. The Morgan fingerprint density at radius 1 is 0.964 bits per heavy atom. The van der Waals surface area contributed by atoms with Crippen molar-refractivity contribution in [3.8, 4) is 22.6 Å². The lowest BCUT2D eigenvalue weighted by molar-refractivity contribution is 0.724. The van der Waals surface area contributed by atoms with Crippen LogP contribution < -0.4 is 5.32 Å². The Kier molecular flexibility index (Phi) is 4.06. The molecule has 4 heterocycles. The van der Waals surface area contributed by atoms with E-state index in [1.807, 2.05) is 24.5 Å². The van der Waals surface area contributed by atoms with Gasteiger partial charge in [-0.15, -0.1) is 0 Å². The second kappa shape index (κ2) is 6.86. The number of H-pyrrole nitrogens is 2. The van der Waals surface area contributed by atoms with E-state index in [2.05, 4.69) is 60.6 Å². The van der Waals surface area contributed by atoms with Gasteiger partial charge in [0.15, 0.2) is 5.82 Å². The maximum atomic E-state index is 4.66. The Morgan fingerprint density at radius 2 is 1.93 bits per heavy atom. The number of nitrogens with zero attached hydrogens (tertiary/aromatic N) is 4. The minimum absolute atomic E-state index is 0.727. The van der Waals surface area contributed by atoms with Gasteiger partial charge < -0.3 is 10.3 Å². The summed E-state index contributed by atoms with van der Waals surface area (Å²) in [4.78, 5) is 16.5. The molecule has 0 aliphatic heterocycles. The van der Waals surface area contributed by atoms with Crippen LogP contribution in [0.5, 0.6) is 0 Å². The van der Waals surface area contributed by atoms with Gasteiger partial charge in [0.1, 0.15) is 5.69 Å². The molecule has 0 spiro atoms. The highest BCUT2D eigenvalue weighted by Gasteiger charge is 2.13. The lowest BCUT2D eigenvalue weighted by atomic mass is 10.0. The summed E-state index contributed by atoms with van der Waals surface area (Å²) in [7, 11) is 0. The lowest BCUT2D eigenvalue weighted by Crippen LogP contribution is -2.11. The van der Waals surface area contributed by atoms with Crippen molar-refractivity contribution < 1.29 is 0 Å². The van der Waals surface area contributed by atoms with Gasteiger partial charge in [0.2, 0.25) is 0 Å². The zero-order valence-electron chi connectivity index (χ0n) is 15.4. The number of rotatable bonds is 5. The predicted molar refractivity (Wildman–Crippen MR) is 110 cm³/mol. The van der Waals surface area contributed by atoms with E-state index in [4.69, 9.17) is 0 Å². The van der Waals surface area contributed by atoms with Gasteiger partial charge in [-0.25, -0.2) is 4.98 Å². The number of hydrogen-bond acceptors (Lipinski definition) is 5. The van der Waals surface area contributed by atoms with Crippen molar-refractivity contribution in [2.45, 2.75) is 13.5 Å². The van der Waals surface area contributed by atoms with Crippen LogP contribution in [0.4, 0.5) is 0 Å². The third kappa shape index (κ3) is 2.91. The van der Waals surface area contributed by atoms with E-state index in [-0.39, 0.29) is 0 Å². The Balaban J connectivity index is 1.58. The van der Waals surface area contributed by atoms with Crippen LogP contribution in [-0.2, 0) is 6.54 Å². The largest absolute Gasteiger partial charge is 0.335 e. The fraction of sp³-hybridized carbons (Fsp3) is 0.143. The highest BCUT2D eigenvalue weighted by Crippen LogP contribution is 2.30. The molecule has 0 atom stereocenters. The summed E-state index contributed by atoms with van der Waals surface area (Å²) in [5.41, 5.74) is 6.87. The molecule has 5 rings (SSSR count). The SMILES string of the molecule is CCNCc1cncc(-c2ccc3[nH]nc(-c4nc5ccncc5[nH]4)c3c2)c1. The Bertz CT molecular complexity index is 1240. The topological polar surface area (TPSA) is 95.2 Å². The second-order valence-corrected chi connectivity index (χ2v) is 6.67. The molecule has 7 nitrogen and oxygen atoms in total. The van der Waals surface area contributed by atoms with Crippen LogP contribution in [-0.4, -0.2) is 36.7 Å². The molecule has 28 heavy (non-hydrogen) atoms. The smallest absolute Gasteiger partial charge is 0.159 e. The molecule has 138 valence electrons. The fourth-order valence-electron chi connectivity index (χ4n) is 3.35. The molecule has 7 heteroatoms. The van der Waals surface area contributed by atoms with Crippen LogP contribution in [0.3, 0.4) is 0 Å². The van der Waals surface area contributed by atoms with E-state index in [9.17, 15) is 0 Å². The van der Waals surface area contributed by atoms with Crippen molar-refractivity contribution in [1.29, 1.82) is 0 Å². The minimum atomic E-state index is 0.727. The number of nitrogens with one attached hydrogen (secondary N) is 3. The van der Waals surface area contributed by atoms with Crippen molar-refractivity contribution >= 4 is 21.9 Å². The summed E-state index contributed by atoms with van der Waals surface area (Å²) >= 11 is 0. The lowest BCUT2D eigenvalue weighted by Gasteiger charge is -2.06. The van der Waals surface area contributed by atoms with E-state index in [1.165, 1.54) is 0 Å². The molecule has 3 N–H and O–H groups in total. The average Bonchev–Trinajstić information content (AvgIpc) is 3.35. The fourth-order valence-corrected chi connectivity index (χ4v) is 3.35. The summed E-state index contributed by atoms with van der Waals surface area (Å²) in [6.07, 6.45) is 7.30. The molecule has 0 amide bonds. The van der Waals surface area contributed by atoms with E-state index in [0.29, 0.717) is 0 Å². The van der Waals surface area contributed by atoms with E-state index >= 15 is 0 Å². The number of imidazole rings is 1. The van der Waals surface area contributed by atoms with Gasteiger partial charge in [-0.2, -0.15) is 5.10 Å². The van der Waals surface area contributed by atoms with E-state index in [1.54, 1.807) is 12.4 Å². The Labute approximate surface area is 161 Å². The third-order valence-corrected chi connectivity index (χ3v) is 4.78. The zero-order valence-corrected chi connectivity index (χ0v) is 15.4. The van der Waals surface area contributed by atoms with Gasteiger partial charge in [0.25, 0.3) is 0 Å². The van der Waals surface area contributed by atoms with Crippen molar-refractivity contribution in [3.63, 3.8) is 0 Å². The number of fused-ring (bicyclic) bond motifs is 2. The minimum Gasteiger partial charge on any atom is -0.335 e. The predicted octanol–water partition coefficient (Wildman–Crippen LogP) is 3.67. The van der Waals surface area contributed by atoms with Crippen LogP contribution in [0, 0.1) is 0 Å². The van der Waals surface area contributed by atoms with Gasteiger partial charge in [-0.1, -0.05) is 13.0 Å². The molecule has 0 saturated heterocycles. The Hall–Kier alpha value is -3.58. The summed E-state index contributed by atoms with van der Waals surface area (Å²) in [5, 5.41) is 11.9. The molecule has 0 aliphatic carbocycles. The van der Waals surface area contributed by atoms with Gasteiger partial charge in [0.05, 0.1) is 22.7 Å². The molecule has 1 aromatic carbocycles. The van der Waals surface area contributed by atoms with E-state index in [0.717, 1.165) is 63.2 Å². The van der Waals surface area contributed by atoms with Crippen LogP contribution in [0.15, 0.2) is 55.1 Å². The Morgan fingerprint density at radius 3 is 2.82 bits per heavy atom. The summed E-state index contributed by atoms with van der Waals surface area (Å²) in [5.74, 6) is 0.727. The maximum Gasteiger partial charge on any atom is 0.159 e.